The standard InChI is InChI=1S/C16H22N4O2/c1-16(2,3)11-6-12-17-13-10(14(21)20(12)18-11)8-19(15(13)22)7-9-4-5-9/h6,9,11,17-18H,4-5,7-8H2,1-3H3/i/hD. The van der Waals surface area contributed by atoms with E-state index in [-0.39, 0.29) is 23.3 Å². The number of carbonyl (C=O) groups excluding carboxylic acids is 2. The first-order chi connectivity index (χ1) is 10.8. The van der Waals surface area contributed by atoms with Crippen molar-refractivity contribution in [3.8, 4) is 0 Å². The lowest BCUT2D eigenvalue weighted by molar-refractivity contribution is -0.129. The lowest BCUT2D eigenvalue weighted by Gasteiger charge is -2.30. The van der Waals surface area contributed by atoms with Crippen molar-refractivity contribution in [1.29, 1.82) is 0 Å². The van der Waals surface area contributed by atoms with Gasteiger partial charge < -0.3 is 10.2 Å². The van der Waals surface area contributed by atoms with Crippen LogP contribution in [0.3, 0.4) is 0 Å². The molecule has 1 unspecified atom stereocenters. The van der Waals surface area contributed by atoms with Crippen molar-refractivity contribution in [2.24, 2.45) is 11.3 Å². The molecule has 4 aliphatic rings. The molecule has 0 aromatic carbocycles. The van der Waals surface area contributed by atoms with Crippen LogP contribution in [0.25, 0.3) is 0 Å². The third-order valence-electron chi connectivity index (χ3n) is 4.70. The van der Waals surface area contributed by atoms with Crippen molar-refractivity contribution in [3.63, 3.8) is 0 Å². The molecule has 118 valence electrons. The maximum Gasteiger partial charge on any atom is 0.274 e. The normalized spacial score (nSPS) is 29.5. The maximum absolute atomic E-state index is 12.8. The van der Waals surface area contributed by atoms with Gasteiger partial charge >= 0.3 is 0 Å². The second-order valence-corrected chi connectivity index (χ2v) is 7.70. The van der Waals surface area contributed by atoms with E-state index in [2.05, 4.69) is 5.32 Å². The maximum atomic E-state index is 12.8. The van der Waals surface area contributed by atoms with E-state index in [4.69, 9.17) is 1.41 Å². The van der Waals surface area contributed by atoms with E-state index in [1.165, 1.54) is 23.3 Å². The Morgan fingerprint density at radius 2 is 2.05 bits per heavy atom. The Labute approximate surface area is 131 Å². The van der Waals surface area contributed by atoms with Crippen molar-refractivity contribution in [1.82, 2.24) is 20.6 Å². The Bertz CT molecular complexity index is 659. The molecular weight excluding hydrogens is 280 g/mol. The first-order valence-corrected chi connectivity index (χ1v) is 7.91. The van der Waals surface area contributed by atoms with Gasteiger partial charge in [0.25, 0.3) is 11.8 Å². The molecule has 6 heteroatoms. The highest BCUT2D eigenvalue weighted by Gasteiger charge is 2.45. The third kappa shape index (κ3) is 2.05. The number of rotatable bonds is 2. The Kier molecular flexibility index (Phi) is 2.51. The Morgan fingerprint density at radius 3 is 2.68 bits per heavy atom. The van der Waals surface area contributed by atoms with Gasteiger partial charge in [-0.3, -0.25) is 9.59 Å². The molecule has 1 atom stereocenters. The molecule has 1 aliphatic carbocycles. The summed E-state index contributed by atoms with van der Waals surface area (Å²) < 4.78 is 8.30. The van der Waals surface area contributed by atoms with E-state index in [1.807, 2.05) is 26.8 Å². The number of amides is 2. The molecule has 2 N–H and O–H groups in total. The summed E-state index contributed by atoms with van der Waals surface area (Å²) in [5.41, 5.74) is 1.93. The quantitative estimate of drug-likeness (QED) is 0.788. The van der Waals surface area contributed by atoms with Crippen molar-refractivity contribution in [3.05, 3.63) is 23.2 Å². The molecule has 6 nitrogen and oxygen atoms in total. The summed E-state index contributed by atoms with van der Waals surface area (Å²) in [5.74, 6) is 0.785. The summed E-state index contributed by atoms with van der Waals surface area (Å²) in [6, 6.07) is -0.216. The Morgan fingerprint density at radius 1 is 1.32 bits per heavy atom. The molecule has 22 heavy (non-hydrogen) atoms. The lowest BCUT2D eigenvalue weighted by Crippen LogP contribution is -2.50. The average Bonchev–Trinajstić information content (AvgIpc) is 3.13. The zero-order valence-electron chi connectivity index (χ0n) is 14.2. The van der Waals surface area contributed by atoms with Crippen LogP contribution in [0.15, 0.2) is 23.2 Å². The largest absolute Gasteiger partial charge is 0.336 e. The first-order valence-electron chi connectivity index (χ1n) is 8.36. The SMILES string of the molecule is [2H]N1C(C(C)(C)C)C=C2NC3=C(CN(CC4CC4)C3=O)C(=O)N21. The number of nitrogens with one attached hydrogen (secondary N) is 2. The van der Waals surface area contributed by atoms with Gasteiger partial charge in [0, 0.05) is 6.54 Å². The fourth-order valence-corrected chi connectivity index (χ4v) is 3.07. The van der Waals surface area contributed by atoms with Gasteiger partial charge in [-0.25, -0.2) is 10.4 Å². The lowest BCUT2D eigenvalue weighted by atomic mass is 9.87. The highest BCUT2D eigenvalue weighted by atomic mass is 16.2. The monoisotopic (exact) mass is 303 g/mol. The van der Waals surface area contributed by atoms with Crippen LogP contribution in [0.4, 0.5) is 0 Å². The molecule has 3 heterocycles. The van der Waals surface area contributed by atoms with Crippen LogP contribution in [0.5, 0.6) is 0 Å². The molecule has 0 radical (unpaired) electrons. The Hall–Kier alpha value is -1.82. The number of nitrogens with zero attached hydrogens (tertiary/aromatic N) is 2. The molecule has 0 bridgehead atoms. The van der Waals surface area contributed by atoms with Crippen LogP contribution >= 0.6 is 0 Å². The molecule has 2 amide bonds. The summed E-state index contributed by atoms with van der Waals surface area (Å²) >= 11 is 0. The minimum atomic E-state index is -0.251. The zero-order valence-corrected chi connectivity index (χ0v) is 13.2. The molecule has 0 spiro atoms. The number of hydrogen-bond acceptors (Lipinski definition) is 4. The molecular formula is C16H22N4O2. The van der Waals surface area contributed by atoms with Gasteiger partial charge in [-0.15, -0.1) is 0 Å². The highest BCUT2D eigenvalue weighted by molar-refractivity contribution is 6.10. The predicted octanol–water partition coefficient (Wildman–Crippen LogP) is 0.699. The van der Waals surface area contributed by atoms with Crippen LogP contribution in [0, 0.1) is 11.3 Å². The van der Waals surface area contributed by atoms with Crippen molar-refractivity contribution in [2.75, 3.05) is 13.1 Å². The molecule has 3 aliphatic heterocycles. The van der Waals surface area contributed by atoms with Gasteiger partial charge in [-0.2, -0.15) is 0 Å². The first kappa shape index (κ1) is 12.7. The average molecular weight is 303 g/mol. The van der Waals surface area contributed by atoms with Crippen molar-refractivity contribution < 1.29 is 11.0 Å². The number of hydrogen-bond donors (Lipinski definition) is 2. The fraction of sp³-hybridized carbons (Fsp3) is 0.625. The summed E-state index contributed by atoms with van der Waals surface area (Å²) in [6.07, 6.45) is 4.20. The summed E-state index contributed by atoms with van der Waals surface area (Å²) in [4.78, 5) is 27.1. The van der Waals surface area contributed by atoms with Gasteiger partial charge in [0.15, 0.2) is 0 Å². The number of hydrazine groups is 1. The van der Waals surface area contributed by atoms with Crippen LogP contribution in [0.1, 0.15) is 33.6 Å². The van der Waals surface area contributed by atoms with Crippen LogP contribution < -0.4 is 10.7 Å². The molecule has 0 saturated heterocycles. The number of carbonyl (C=O) groups is 2. The predicted molar refractivity (Wildman–Crippen MR) is 80.8 cm³/mol. The molecule has 0 aromatic heterocycles. The summed E-state index contributed by atoms with van der Waals surface area (Å²) in [6.45, 7) is 7.18. The van der Waals surface area contributed by atoms with E-state index < -0.39 is 0 Å². The highest BCUT2D eigenvalue weighted by Crippen LogP contribution is 2.35. The van der Waals surface area contributed by atoms with E-state index >= 15 is 0 Å². The van der Waals surface area contributed by atoms with Gasteiger partial charge in [0.05, 0.1) is 18.2 Å². The Balaban J connectivity index is 1.61. The van der Waals surface area contributed by atoms with Gasteiger partial charge in [0.1, 0.15) is 12.9 Å². The van der Waals surface area contributed by atoms with Gasteiger partial charge in [-0.1, -0.05) is 20.8 Å². The van der Waals surface area contributed by atoms with Gasteiger partial charge in [-0.05, 0) is 30.3 Å². The molecule has 1 fully saturated rings. The number of fused-ring (bicyclic) bond motifs is 1. The second-order valence-electron chi connectivity index (χ2n) is 7.70. The summed E-state index contributed by atoms with van der Waals surface area (Å²) in [7, 11) is 0. The van der Waals surface area contributed by atoms with Crippen LogP contribution in [0.2, 0.25) is 1.41 Å². The van der Waals surface area contributed by atoms with Gasteiger partial charge in [0.2, 0.25) is 0 Å². The van der Waals surface area contributed by atoms with Crippen molar-refractivity contribution in [2.45, 2.75) is 39.7 Å². The van der Waals surface area contributed by atoms with E-state index in [0.29, 0.717) is 29.6 Å². The fourth-order valence-electron chi connectivity index (χ4n) is 3.07. The van der Waals surface area contributed by atoms with Crippen LogP contribution in [-0.2, 0) is 9.59 Å². The van der Waals surface area contributed by atoms with E-state index in [0.717, 1.165) is 6.54 Å². The minimum absolute atomic E-state index is 0.0865. The van der Waals surface area contributed by atoms with Crippen LogP contribution in [-0.4, -0.2) is 40.9 Å². The zero-order chi connectivity index (χ0) is 16.5. The molecule has 0 aromatic rings. The summed E-state index contributed by atoms with van der Waals surface area (Å²) in [5, 5.41) is 4.46. The molecule has 1 saturated carbocycles. The topological polar surface area (TPSA) is 64.7 Å². The minimum Gasteiger partial charge on any atom is -0.336 e. The third-order valence-corrected chi connectivity index (χ3v) is 4.70. The van der Waals surface area contributed by atoms with Crippen molar-refractivity contribution >= 4 is 11.8 Å². The smallest absolute Gasteiger partial charge is 0.274 e. The van der Waals surface area contributed by atoms with E-state index in [1.54, 1.807) is 4.90 Å². The molecule has 4 rings (SSSR count). The second kappa shape index (κ2) is 4.35. The van der Waals surface area contributed by atoms with E-state index in [9.17, 15) is 9.59 Å².